The van der Waals surface area contributed by atoms with Crippen molar-refractivity contribution in [2.45, 2.75) is 45.9 Å². The predicted molar refractivity (Wildman–Crippen MR) is 115 cm³/mol. The third-order valence-corrected chi connectivity index (χ3v) is 4.84. The molecule has 0 spiro atoms. The number of nitrogens with one attached hydrogen (secondary N) is 1. The fraction of sp³-hybridized carbons (Fsp3) is 0.375. The van der Waals surface area contributed by atoms with E-state index in [0.29, 0.717) is 18.7 Å². The first-order chi connectivity index (χ1) is 14.7. The molecule has 0 bridgehead atoms. The summed E-state index contributed by atoms with van der Waals surface area (Å²) >= 11 is 0. The van der Waals surface area contributed by atoms with Crippen LogP contribution < -0.4 is 5.32 Å². The molecule has 2 aromatic rings. The van der Waals surface area contributed by atoms with Gasteiger partial charge in [-0.2, -0.15) is 0 Å². The number of ether oxygens (including phenoxy) is 2. The molecule has 1 aliphatic rings. The van der Waals surface area contributed by atoms with E-state index in [1.807, 2.05) is 18.2 Å². The lowest BCUT2D eigenvalue weighted by molar-refractivity contribution is -0.135. The van der Waals surface area contributed by atoms with Crippen LogP contribution in [-0.4, -0.2) is 41.6 Å². The maximum Gasteiger partial charge on any atom is 0.407 e. The van der Waals surface area contributed by atoms with Gasteiger partial charge >= 0.3 is 12.1 Å². The number of hydrogen-bond acceptors (Lipinski definition) is 5. The highest BCUT2D eigenvalue weighted by Crippen LogP contribution is 2.18. The van der Waals surface area contributed by atoms with Crippen molar-refractivity contribution in [2.24, 2.45) is 0 Å². The summed E-state index contributed by atoms with van der Waals surface area (Å²) in [6.07, 6.45) is 0.295. The second-order valence-corrected chi connectivity index (χ2v) is 8.46. The maximum atomic E-state index is 12.4. The SMILES string of the molecule is CC(C)(C)OC(=O)NCc1ccc(C(=O)OCC(=O)N2CCc3ccccc3C2)cc1. The van der Waals surface area contributed by atoms with Crippen molar-refractivity contribution in [3.63, 3.8) is 0 Å². The van der Waals surface area contributed by atoms with Crippen LogP contribution in [0.4, 0.5) is 4.79 Å². The molecule has 2 amide bonds. The van der Waals surface area contributed by atoms with Gasteiger partial charge in [0.2, 0.25) is 0 Å². The van der Waals surface area contributed by atoms with E-state index >= 15 is 0 Å². The van der Waals surface area contributed by atoms with E-state index in [2.05, 4.69) is 11.4 Å². The van der Waals surface area contributed by atoms with Gasteiger partial charge in [0.1, 0.15) is 5.60 Å². The zero-order valence-corrected chi connectivity index (χ0v) is 18.1. The average Bonchev–Trinajstić information content (AvgIpc) is 2.74. The molecule has 0 radical (unpaired) electrons. The van der Waals surface area contributed by atoms with Crippen LogP contribution in [0.5, 0.6) is 0 Å². The van der Waals surface area contributed by atoms with Crippen LogP contribution in [0.15, 0.2) is 48.5 Å². The third kappa shape index (κ3) is 6.57. The van der Waals surface area contributed by atoms with E-state index < -0.39 is 17.7 Å². The van der Waals surface area contributed by atoms with Crippen molar-refractivity contribution in [3.8, 4) is 0 Å². The number of fused-ring (bicyclic) bond motifs is 1. The van der Waals surface area contributed by atoms with Crippen LogP contribution in [0.25, 0.3) is 0 Å². The zero-order chi connectivity index (χ0) is 22.4. The second-order valence-electron chi connectivity index (χ2n) is 8.46. The van der Waals surface area contributed by atoms with Gasteiger partial charge in [0.15, 0.2) is 6.61 Å². The van der Waals surface area contributed by atoms with Crippen LogP contribution in [0.2, 0.25) is 0 Å². The van der Waals surface area contributed by atoms with Gasteiger partial charge in [-0.05, 0) is 56.0 Å². The number of carbonyl (C=O) groups excluding carboxylic acids is 3. The van der Waals surface area contributed by atoms with Crippen LogP contribution in [0.1, 0.15) is 47.8 Å². The quantitative estimate of drug-likeness (QED) is 0.743. The number of amides is 2. The Morgan fingerprint density at radius 2 is 1.68 bits per heavy atom. The Kier molecular flexibility index (Phi) is 6.95. The van der Waals surface area contributed by atoms with Gasteiger partial charge in [-0.25, -0.2) is 9.59 Å². The van der Waals surface area contributed by atoms with Crippen molar-refractivity contribution >= 4 is 18.0 Å². The maximum absolute atomic E-state index is 12.4. The van der Waals surface area contributed by atoms with Gasteiger partial charge in [0.05, 0.1) is 5.56 Å². The van der Waals surface area contributed by atoms with Crippen molar-refractivity contribution in [1.29, 1.82) is 0 Å². The predicted octanol–water partition coefficient (Wildman–Crippen LogP) is 3.45. The Bertz CT molecular complexity index is 947. The molecular formula is C24H28N2O5. The largest absolute Gasteiger partial charge is 0.452 e. The highest BCUT2D eigenvalue weighted by Gasteiger charge is 2.21. The van der Waals surface area contributed by atoms with Gasteiger partial charge in [0.25, 0.3) is 5.91 Å². The van der Waals surface area contributed by atoms with Crippen LogP contribution in [0, 0.1) is 0 Å². The number of benzene rings is 2. The first-order valence-electron chi connectivity index (χ1n) is 10.3. The van der Waals surface area contributed by atoms with Crippen LogP contribution in [0.3, 0.4) is 0 Å². The topological polar surface area (TPSA) is 84.9 Å². The number of alkyl carbamates (subject to hydrolysis) is 1. The summed E-state index contributed by atoms with van der Waals surface area (Å²) in [4.78, 5) is 38.1. The van der Waals surface area contributed by atoms with Crippen LogP contribution in [-0.2, 0) is 33.8 Å². The van der Waals surface area contributed by atoms with Crippen molar-refractivity contribution in [2.75, 3.05) is 13.2 Å². The highest BCUT2D eigenvalue weighted by atomic mass is 16.6. The Labute approximate surface area is 182 Å². The molecule has 0 fully saturated rings. The molecule has 31 heavy (non-hydrogen) atoms. The molecule has 1 N–H and O–H groups in total. The molecule has 7 nitrogen and oxygen atoms in total. The lowest BCUT2D eigenvalue weighted by Gasteiger charge is -2.28. The summed E-state index contributed by atoms with van der Waals surface area (Å²) in [7, 11) is 0. The standard InChI is InChI=1S/C24H28N2O5/c1-24(2,3)31-23(29)25-14-17-8-10-19(11-9-17)22(28)30-16-21(27)26-13-12-18-6-4-5-7-20(18)15-26/h4-11H,12-16H2,1-3H3,(H,25,29). The summed E-state index contributed by atoms with van der Waals surface area (Å²) < 4.78 is 10.4. The lowest BCUT2D eigenvalue weighted by atomic mass is 10.00. The van der Waals surface area contributed by atoms with Crippen molar-refractivity contribution in [1.82, 2.24) is 10.2 Å². The Morgan fingerprint density at radius 3 is 2.35 bits per heavy atom. The summed E-state index contributed by atoms with van der Waals surface area (Å²) in [5.41, 5.74) is 2.98. The van der Waals surface area contributed by atoms with Crippen LogP contribution >= 0.6 is 0 Å². The van der Waals surface area contributed by atoms with Crippen molar-refractivity contribution in [3.05, 3.63) is 70.8 Å². The Balaban J connectivity index is 1.45. The number of nitrogens with zero attached hydrogens (tertiary/aromatic N) is 1. The first-order valence-corrected chi connectivity index (χ1v) is 10.3. The Hall–Kier alpha value is -3.35. The molecule has 164 valence electrons. The summed E-state index contributed by atoms with van der Waals surface area (Å²) in [6, 6.07) is 14.7. The zero-order valence-electron chi connectivity index (χ0n) is 18.1. The molecule has 3 rings (SSSR count). The number of esters is 1. The lowest BCUT2D eigenvalue weighted by Crippen LogP contribution is -2.38. The molecule has 0 saturated carbocycles. The van der Waals surface area contributed by atoms with Gasteiger partial charge in [-0.3, -0.25) is 4.79 Å². The summed E-state index contributed by atoms with van der Waals surface area (Å²) in [5.74, 6) is -0.765. The van der Waals surface area contributed by atoms with E-state index in [4.69, 9.17) is 9.47 Å². The van der Waals surface area contributed by atoms with Gasteiger partial charge in [-0.15, -0.1) is 0 Å². The molecule has 0 aromatic heterocycles. The minimum Gasteiger partial charge on any atom is -0.452 e. The first kappa shape index (κ1) is 22.3. The molecule has 0 unspecified atom stereocenters. The molecule has 1 heterocycles. The van der Waals surface area contributed by atoms with E-state index in [9.17, 15) is 14.4 Å². The third-order valence-electron chi connectivity index (χ3n) is 4.84. The second kappa shape index (κ2) is 9.64. The summed E-state index contributed by atoms with van der Waals surface area (Å²) in [6.45, 7) is 6.52. The molecule has 7 heteroatoms. The molecule has 0 aliphatic carbocycles. The number of carbonyl (C=O) groups is 3. The number of rotatable bonds is 5. The minimum absolute atomic E-state index is 0.207. The normalized spacial score (nSPS) is 13.2. The molecule has 1 aliphatic heterocycles. The summed E-state index contributed by atoms with van der Waals surface area (Å²) in [5, 5.41) is 2.66. The number of hydrogen-bond donors (Lipinski definition) is 1. The molecule has 2 aromatic carbocycles. The van der Waals surface area contributed by atoms with Gasteiger partial charge in [0, 0.05) is 19.6 Å². The Morgan fingerprint density at radius 1 is 1.00 bits per heavy atom. The average molecular weight is 424 g/mol. The monoisotopic (exact) mass is 424 g/mol. The van der Waals surface area contributed by atoms with Gasteiger partial charge < -0.3 is 19.7 Å². The molecular weight excluding hydrogens is 396 g/mol. The fourth-order valence-corrected chi connectivity index (χ4v) is 3.26. The van der Waals surface area contributed by atoms with E-state index in [1.54, 1.807) is 49.9 Å². The highest BCUT2D eigenvalue weighted by molar-refractivity contribution is 5.91. The van der Waals surface area contributed by atoms with E-state index in [1.165, 1.54) is 5.56 Å². The molecule has 0 atom stereocenters. The molecule has 0 saturated heterocycles. The fourth-order valence-electron chi connectivity index (χ4n) is 3.26. The minimum atomic E-state index is -0.563. The smallest absolute Gasteiger partial charge is 0.407 e. The van der Waals surface area contributed by atoms with Crippen molar-refractivity contribution < 1.29 is 23.9 Å². The van der Waals surface area contributed by atoms with E-state index in [-0.39, 0.29) is 19.1 Å². The van der Waals surface area contributed by atoms with E-state index in [0.717, 1.165) is 17.5 Å². The van der Waals surface area contributed by atoms with Gasteiger partial charge in [-0.1, -0.05) is 36.4 Å².